The number of rotatable bonds is 6. The topological polar surface area (TPSA) is 50.4 Å². The van der Waals surface area contributed by atoms with Crippen molar-refractivity contribution in [3.63, 3.8) is 0 Å². The summed E-state index contributed by atoms with van der Waals surface area (Å²) in [5.74, 6) is -0.194. The van der Waals surface area contributed by atoms with Gasteiger partial charge in [0.1, 0.15) is 0 Å². The van der Waals surface area contributed by atoms with Gasteiger partial charge in [-0.2, -0.15) is 0 Å². The number of thiocarbonyl (C=S) groups is 1. The first kappa shape index (κ1) is 15.4. The van der Waals surface area contributed by atoms with Gasteiger partial charge in [-0.3, -0.25) is 4.79 Å². The normalized spacial score (nSPS) is 9.79. The largest absolute Gasteiger partial charge is 0.469 e. The second-order valence-corrected chi connectivity index (χ2v) is 4.68. The summed E-state index contributed by atoms with van der Waals surface area (Å²) in [4.78, 5) is 10.9. The minimum absolute atomic E-state index is 0.194. The zero-order valence-electron chi connectivity index (χ0n) is 11.4. The lowest BCUT2D eigenvalue weighted by Crippen LogP contribution is -2.35. The van der Waals surface area contributed by atoms with E-state index in [-0.39, 0.29) is 5.97 Å². The molecular weight excluding hydrogens is 260 g/mol. The summed E-state index contributed by atoms with van der Waals surface area (Å²) in [6.45, 7) is 3.42. The molecule has 0 radical (unpaired) electrons. The molecule has 0 aliphatic carbocycles. The number of nitrogens with one attached hydrogen (secondary N) is 2. The van der Waals surface area contributed by atoms with E-state index in [1.165, 1.54) is 18.2 Å². The fourth-order valence-electron chi connectivity index (χ4n) is 1.49. The van der Waals surface area contributed by atoms with Gasteiger partial charge >= 0.3 is 5.97 Å². The average molecular weight is 280 g/mol. The average Bonchev–Trinajstić information content (AvgIpc) is 2.42. The van der Waals surface area contributed by atoms with Gasteiger partial charge in [0.25, 0.3) is 0 Å². The minimum Gasteiger partial charge on any atom is -0.469 e. The molecule has 19 heavy (non-hydrogen) atoms. The molecule has 0 aromatic heterocycles. The minimum atomic E-state index is -0.194. The lowest BCUT2D eigenvalue weighted by Gasteiger charge is -2.10. The third kappa shape index (κ3) is 6.76. The number of benzene rings is 1. The highest BCUT2D eigenvalue weighted by Gasteiger charge is 2.00. The number of carbonyl (C=O) groups excluding carboxylic acids is 1. The highest BCUT2D eigenvalue weighted by atomic mass is 32.1. The molecule has 0 bridgehead atoms. The number of ether oxygens (including phenoxy) is 1. The number of hydrogen-bond acceptors (Lipinski definition) is 3. The van der Waals surface area contributed by atoms with E-state index in [4.69, 9.17) is 12.2 Å². The summed E-state index contributed by atoms with van der Waals surface area (Å²) in [5.41, 5.74) is 2.43. The van der Waals surface area contributed by atoms with Crippen LogP contribution in [-0.2, 0) is 16.1 Å². The molecule has 0 fully saturated rings. The SMILES string of the molecule is COC(=O)CCCNC(=S)NCc1ccc(C)cc1. The molecule has 1 aromatic rings. The van der Waals surface area contributed by atoms with Crippen LogP contribution in [0.3, 0.4) is 0 Å². The molecule has 0 aliphatic heterocycles. The maximum atomic E-state index is 10.9. The molecular formula is C14H20N2O2S. The van der Waals surface area contributed by atoms with E-state index >= 15 is 0 Å². The van der Waals surface area contributed by atoms with Gasteiger partial charge in [0.2, 0.25) is 0 Å². The summed E-state index contributed by atoms with van der Waals surface area (Å²) >= 11 is 5.15. The Labute approximate surface area is 119 Å². The fourth-order valence-corrected chi connectivity index (χ4v) is 1.66. The molecule has 4 nitrogen and oxygen atoms in total. The van der Waals surface area contributed by atoms with Crippen LogP contribution < -0.4 is 10.6 Å². The monoisotopic (exact) mass is 280 g/mol. The van der Waals surface area contributed by atoms with E-state index in [0.717, 1.165) is 0 Å². The molecule has 0 unspecified atom stereocenters. The molecule has 104 valence electrons. The molecule has 0 saturated heterocycles. The van der Waals surface area contributed by atoms with Crippen LogP contribution in [0, 0.1) is 6.92 Å². The number of carbonyl (C=O) groups is 1. The third-order valence-electron chi connectivity index (χ3n) is 2.64. The molecule has 0 heterocycles. The smallest absolute Gasteiger partial charge is 0.305 e. The first-order valence-electron chi connectivity index (χ1n) is 6.26. The van der Waals surface area contributed by atoms with E-state index in [9.17, 15) is 4.79 Å². The lowest BCUT2D eigenvalue weighted by molar-refractivity contribution is -0.140. The Kier molecular flexibility index (Phi) is 6.89. The quantitative estimate of drug-likeness (QED) is 0.473. The first-order chi connectivity index (χ1) is 9.11. The van der Waals surface area contributed by atoms with Crippen LogP contribution in [0.25, 0.3) is 0 Å². The molecule has 1 rings (SSSR count). The highest BCUT2D eigenvalue weighted by Crippen LogP contribution is 2.02. The van der Waals surface area contributed by atoms with E-state index in [1.54, 1.807) is 0 Å². The van der Waals surface area contributed by atoms with Gasteiger partial charge in [-0.15, -0.1) is 0 Å². The van der Waals surface area contributed by atoms with Crippen LogP contribution in [-0.4, -0.2) is 24.7 Å². The van der Waals surface area contributed by atoms with Crippen molar-refractivity contribution in [3.05, 3.63) is 35.4 Å². The van der Waals surface area contributed by atoms with Gasteiger partial charge < -0.3 is 15.4 Å². The van der Waals surface area contributed by atoms with E-state index in [1.807, 2.05) is 0 Å². The van der Waals surface area contributed by atoms with E-state index in [0.29, 0.717) is 31.0 Å². The Morgan fingerprint density at radius 3 is 2.58 bits per heavy atom. The van der Waals surface area contributed by atoms with Crippen molar-refractivity contribution >= 4 is 23.3 Å². The molecule has 0 spiro atoms. The lowest BCUT2D eigenvalue weighted by atomic mass is 10.1. The second kappa shape index (κ2) is 8.48. The molecule has 2 N–H and O–H groups in total. The molecule has 1 aromatic carbocycles. The van der Waals surface area contributed by atoms with Crippen molar-refractivity contribution in [2.45, 2.75) is 26.3 Å². The van der Waals surface area contributed by atoms with Crippen molar-refractivity contribution in [1.29, 1.82) is 0 Å². The van der Waals surface area contributed by atoms with Crippen molar-refractivity contribution in [2.24, 2.45) is 0 Å². The predicted molar refractivity (Wildman–Crippen MR) is 79.9 cm³/mol. The van der Waals surface area contributed by atoms with Gasteiger partial charge in [-0.05, 0) is 31.1 Å². The number of methoxy groups -OCH3 is 1. The Morgan fingerprint density at radius 1 is 1.26 bits per heavy atom. The van der Waals surface area contributed by atoms with Crippen LogP contribution in [0.4, 0.5) is 0 Å². The van der Waals surface area contributed by atoms with Crippen LogP contribution in [0.5, 0.6) is 0 Å². The predicted octanol–water partition coefficient (Wildman–Crippen LogP) is 1.91. The highest BCUT2D eigenvalue weighted by molar-refractivity contribution is 7.80. The molecule has 0 saturated carbocycles. The van der Waals surface area contributed by atoms with Gasteiger partial charge in [0.05, 0.1) is 7.11 Å². The number of aryl methyl sites for hydroxylation is 1. The van der Waals surface area contributed by atoms with Gasteiger partial charge in [0.15, 0.2) is 5.11 Å². The second-order valence-electron chi connectivity index (χ2n) is 4.27. The van der Waals surface area contributed by atoms with Crippen molar-refractivity contribution < 1.29 is 9.53 Å². The molecule has 0 amide bonds. The zero-order valence-corrected chi connectivity index (χ0v) is 12.2. The third-order valence-corrected chi connectivity index (χ3v) is 2.93. The molecule has 5 heteroatoms. The Balaban J connectivity index is 2.14. The van der Waals surface area contributed by atoms with Gasteiger partial charge in [-0.25, -0.2) is 0 Å². The van der Waals surface area contributed by atoms with E-state index < -0.39 is 0 Å². The standard InChI is InChI=1S/C14H20N2O2S/c1-11-5-7-12(8-6-11)10-16-14(19)15-9-3-4-13(17)18-2/h5-8H,3-4,9-10H2,1-2H3,(H2,15,16,19). The fraction of sp³-hybridized carbons (Fsp3) is 0.429. The Morgan fingerprint density at radius 2 is 1.95 bits per heavy atom. The summed E-state index contributed by atoms with van der Waals surface area (Å²) in [6.07, 6.45) is 1.11. The Hall–Kier alpha value is -1.62. The molecule has 0 aliphatic rings. The molecule has 0 atom stereocenters. The van der Waals surface area contributed by atoms with Crippen LogP contribution in [0.2, 0.25) is 0 Å². The van der Waals surface area contributed by atoms with Gasteiger partial charge in [-0.1, -0.05) is 29.8 Å². The maximum absolute atomic E-state index is 10.9. The van der Waals surface area contributed by atoms with Gasteiger partial charge in [0, 0.05) is 19.5 Å². The van der Waals surface area contributed by atoms with Crippen molar-refractivity contribution in [1.82, 2.24) is 10.6 Å². The first-order valence-corrected chi connectivity index (χ1v) is 6.66. The van der Waals surface area contributed by atoms with Crippen LogP contribution >= 0.6 is 12.2 Å². The number of esters is 1. The Bertz CT molecular complexity index is 418. The maximum Gasteiger partial charge on any atom is 0.305 e. The summed E-state index contributed by atoms with van der Waals surface area (Å²) < 4.78 is 4.56. The van der Waals surface area contributed by atoms with Crippen LogP contribution in [0.15, 0.2) is 24.3 Å². The van der Waals surface area contributed by atoms with E-state index in [2.05, 4.69) is 46.6 Å². The number of hydrogen-bond donors (Lipinski definition) is 2. The zero-order chi connectivity index (χ0) is 14.1. The van der Waals surface area contributed by atoms with Crippen molar-refractivity contribution in [2.75, 3.05) is 13.7 Å². The van der Waals surface area contributed by atoms with Crippen LogP contribution in [0.1, 0.15) is 24.0 Å². The summed E-state index contributed by atoms with van der Waals surface area (Å²) in [7, 11) is 1.39. The summed E-state index contributed by atoms with van der Waals surface area (Å²) in [5, 5.41) is 6.78. The summed E-state index contributed by atoms with van der Waals surface area (Å²) in [6, 6.07) is 8.29. The van der Waals surface area contributed by atoms with Crippen molar-refractivity contribution in [3.8, 4) is 0 Å².